The molecule has 0 aliphatic carbocycles. The minimum atomic E-state index is -1.47. The third kappa shape index (κ3) is 3.95. The Morgan fingerprint density at radius 3 is 2.43 bits per heavy atom. The lowest BCUT2D eigenvalue weighted by Gasteiger charge is -2.19. The first-order valence-corrected chi connectivity index (χ1v) is 11.2. The standard InChI is InChI=1S/C27H23F3N4O/c1-4-23(18-11-21(28)26(30)22(29)12-18)34-10-8-20-19(7-9-31-27(20)34)17-5-6-24(25(13-17)35-3)33-14-16(2)32-15-33/h5-15,23H,4H2,1-3H3. The van der Waals surface area contributed by atoms with Crippen LogP contribution in [0.3, 0.4) is 0 Å². The minimum Gasteiger partial charge on any atom is -0.495 e. The molecule has 5 nitrogen and oxygen atoms in total. The van der Waals surface area contributed by atoms with Crippen LogP contribution in [0, 0.1) is 24.4 Å². The summed E-state index contributed by atoms with van der Waals surface area (Å²) in [5, 5.41) is 0.877. The number of benzene rings is 2. The highest BCUT2D eigenvalue weighted by Gasteiger charge is 2.20. The predicted octanol–water partition coefficient (Wildman–Crippen LogP) is 6.62. The average molecular weight is 477 g/mol. The average Bonchev–Trinajstić information content (AvgIpc) is 3.49. The number of fused-ring (bicyclic) bond motifs is 1. The highest BCUT2D eigenvalue weighted by molar-refractivity contribution is 5.94. The Balaban J connectivity index is 1.60. The van der Waals surface area contributed by atoms with Crippen molar-refractivity contribution in [3.05, 3.63) is 96.1 Å². The number of nitrogens with zero attached hydrogens (tertiary/aromatic N) is 4. The fourth-order valence-corrected chi connectivity index (χ4v) is 4.53. The third-order valence-electron chi connectivity index (χ3n) is 6.21. The maximum Gasteiger partial charge on any atom is 0.194 e. The zero-order valence-corrected chi connectivity index (χ0v) is 19.5. The molecule has 8 heteroatoms. The van der Waals surface area contributed by atoms with Gasteiger partial charge in [-0.05, 0) is 66.4 Å². The first-order valence-electron chi connectivity index (χ1n) is 11.2. The van der Waals surface area contributed by atoms with Crippen LogP contribution in [0.4, 0.5) is 13.2 Å². The summed E-state index contributed by atoms with van der Waals surface area (Å²) in [5.41, 5.74) is 4.64. The smallest absolute Gasteiger partial charge is 0.194 e. The van der Waals surface area contributed by atoms with Gasteiger partial charge in [-0.15, -0.1) is 0 Å². The highest BCUT2D eigenvalue weighted by atomic mass is 19.2. The molecule has 3 aromatic heterocycles. The van der Waals surface area contributed by atoms with Gasteiger partial charge in [0.15, 0.2) is 17.5 Å². The van der Waals surface area contributed by atoms with Crippen molar-refractivity contribution < 1.29 is 17.9 Å². The van der Waals surface area contributed by atoms with Gasteiger partial charge in [0.25, 0.3) is 0 Å². The van der Waals surface area contributed by atoms with E-state index in [1.54, 1.807) is 19.6 Å². The quantitative estimate of drug-likeness (QED) is 0.259. The largest absolute Gasteiger partial charge is 0.495 e. The predicted molar refractivity (Wildman–Crippen MR) is 128 cm³/mol. The molecule has 178 valence electrons. The van der Waals surface area contributed by atoms with Gasteiger partial charge in [0.2, 0.25) is 0 Å². The van der Waals surface area contributed by atoms with Gasteiger partial charge in [0.1, 0.15) is 11.4 Å². The van der Waals surface area contributed by atoms with Crippen molar-refractivity contribution in [3.63, 3.8) is 0 Å². The Kier molecular flexibility index (Phi) is 5.80. The molecule has 0 radical (unpaired) electrons. The second-order valence-corrected chi connectivity index (χ2v) is 8.35. The van der Waals surface area contributed by atoms with Crippen LogP contribution in [0.25, 0.3) is 27.8 Å². The number of rotatable bonds is 6. The van der Waals surface area contributed by atoms with Crippen LogP contribution in [0.1, 0.15) is 30.6 Å². The molecule has 2 aromatic carbocycles. The van der Waals surface area contributed by atoms with E-state index in [1.165, 1.54) is 0 Å². The summed E-state index contributed by atoms with van der Waals surface area (Å²) < 4.78 is 50.9. The SMILES string of the molecule is CCC(c1cc(F)c(F)c(F)c1)n1ccc2c(-c3ccc(-n4cnc(C)c4)c(OC)c3)ccnc21. The van der Waals surface area contributed by atoms with Gasteiger partial charge in [0, 0.05) is 24.0 Å². The van der Waals surface area contributed by atoms with Crippen LogP contribution in [-0.4, -0.2) is 26.2 Å². The lowest BCUT2D eigenvalue weighted by Crippen LogP contribution is -2.11. The van der Waals surface area contributed by atoms with Gasteiger partial charge in [-0.2, -0.15) is 0 Å². The molecule has 0 aliphatic heterocycles. The van der Waals surface area contributed by atoms with E-state index >= 15 is 0 Å². The maximum atomic E-state index is 13.9. The first kappa shape index (κ1) is 22.7. The molecule has 1 atom stereocenters. The highest BCUT2D eigenvalue weighted by Crippen LogP contribution is 2.36. The molecule has 0 spiro atoms. The molecule has 0 amide bonds. The van der Waals surface area contributed by atoms with Gasteiger partial charge >= 0.3 is 0 Å². The van der Waals surface area contributed by atoms with Crippen LogP contribution < -0.4 is 4.74 Å². The number of pyridine rings is 1. The molecule has 0 saturated heterocycles. The fraction of sp³-hybridized carbons (Fsp3) is 0.185. The Labute approximate surface area is 200 Å². The van der Waals surface area contributed by atoms with Crippen molar-refractivity contribution in [2.45, 2.75) is 26.3 Å². The second kappa shape index (κ2) is 8.94. The van der Waals surface area contributed by atoms with Crippen molar-refractivity contribution in [1.29, 1.82) is 0 Å². The number of halogens is 3. The second-order valence-electron chi connectivity index (χ2n) is 8.35. The molecule has 35 heavy (non-hydrogen) atoms. The summed E-state index contributed by atoms with van der Waals surface area (Å²) in [7, 11) is 1.62. The van der Waals surface area contributed by atoms with Crippen molar-refractivity contribution in [3.8, 4) is 22.6 Å². The monoisotopic (exact) mass is 476 g/mol. The molecule has 0 saturated carbocycles. The van der Waals surface area contributed by atoms with Crippen molar-refractivity contribution in [1.82, 2.24) is 19.1 Å². The van der Waals surface area contributed by atoms with E-state index in [4.69, 9.17) is 4.74 Å². The summed E-state index contributed by atoms with van der Waals surface area (Å²) in [6, 6.07) is 11.4. The molecule has 5 aromatic rings. The fourth-order valence-electron chi connectivity index (χ4n) is 4.53. The van der Waals surface area contributed by atoms with Gasteiger partial charge in [-0.25, -0.2) is 23.1 Å². The van der Waals surface area contributed by atoms with E-state index in [-0.39, 0.29) is 0 Å². The van der Waals surface area contributed by atoms with Gasteiger partial charge in [0.05, 0.1) is 30.9 Å². The zero-order valence-electron chi connectivity index (χ0n) is 19.5. The number of ether oxygens (including phenoxy) is 1. The molecular formula is C27H23F3N4O. The topological polar surface area (TPSA) is 44.9 Å². The van der Waals surface area contributed by atoms with Gasteiger partial charge in [-0.1, -0.05) is 13.0 Å². The number of imidazole rings is 1. The Hall–Kier alpha value is -4.07. The van der Waals surface area contributed by atoms with Crippen molar-refractivity contribution in [2.75, 3.05) is 7.11 Å². The first-order chi connectivity index (χ1) is 16.9. The minimum absolute atomic E-state index is 0.343. The Morgan fingerprint density at radius 1 is 1.00 bits per heavy atom. The van der Waals surface area contributed by atoms with E-state index in [1.807, 2.05) is 65.7 Å². The van der Waals surface area contributed by atoms with E-state index in [0.29, 0.717) is 23.4 Å². The molecule has 0 aliphatic rings. The molecular weight excluding hydrogens is 453 g/mol. The van der Waals surface area contributed by atoms with E-state index in [9.17, 15) is 13.2 Å². The molecule has 1 unspecified atom stereocenters. The molecule has 0 N–H and O–H groups in total. The van der Waals surface area contributed by atoms with Crippen LogP contribution in [0.2, 0.25) is 0 Å². The Bertz CT molecular complexity index is 1520. The van der Waals surface area contributed by atoms with Gasteiger partial charge < -0.3 is 13.9 Å². The number of methoxy groups -OCH3 is 1. The lowest BCUT2D eigenvalue weighted by molar-refractivity contribution is 0.413. The molecule has 3 heterocycles. The van der Waals surface area contributed by atoms with Crippen LogP contribution in [-0.2, 0) is 0 Å². The number of aromatic nitrogens is 4. The molecule has 5 rings (SSSR count). The summed E-state index contributed by atoms with van der Waals surface area (Å²) in [5.74, 6) is -3.19. The van der Waals surface area contributed by atoms with Crippen molar-refractivity contribution in [2.24, 2.45) is 0 Å². The lowest BCUT2D eigenvalue weighted by atomic mass is 10.0. The van der Waals surface area contributed by atoms with Crippen LogP contribution in [0.15, 0.2) is 67.4 Å². The number of hydrogen-bond donors (Lipinski definition) is 0. The van der Waals surface area contributed by atoms with E-state index in [2.05, 4.69) is 9.97 Å². The summed E-state index contributed by atoms with van der Waals surface area (Å²) in [6.45, 7) is 3.83. The van der Waals surface area contributed by atoms with Gasteiger partial charge in [-0.3, -0.25) is 0 Å². The summed E-state index contributed by atoms with van der Waals surface area (Å²) >= 11 is 0. The third-order valence-corrected chi connectivity index (χ3v) is 6.21. The molecule has 0 bridgehead atoms. The number of aryl methyl sites for hydroxylation is 1. The Morgan fingerprint density at radius 2 is 1.77 bits per heavy atom. The molecule has 0 fully saturated rings. The van der Waals surface area contributed by atoms with E-state index < -0.39 is 23.5 Å². The van der Waals surface area contributed by atoms with E-state index in [0.717, 1.165) is 40.0 Å². The van der Waals surface area contributed by atoms with Crippen molar-refractivity contribution >= 4 is 11.0 Å². The summed E-state index contributed by atoms with van der Waals surface area (Å²) in [4.78, 5) is 8.84. The summed E-state index contributed by atoms with van der Waals surface area (Å²) in [6.07, 6.45) is 7.74. The zero-order chi connectivity index (χ0) is 24.7. The number of hydrogen-bond acceptors (Lipinski definition) is 3. The van der Waals surface area contributed by atoms with Crippen LogP contribution >= 0.6 is 0 Å². The van der Waals surface area contributed by atoms with Crippen LogP contribution in [0.5, 0.6) is 5.75 Å². The normalized spacial score (nSPS) is 12.3. The maximum absolute atomic E-state index is 13.9.